The largest absolute Gasteiger partial charge is 0.508 e. The van der Waals surface area contributed by atoms with Crippen molar-refractivity contribution in [3.05, 3.63) is 59.2 Å². The van der Waals surface area contributed by atoms with Gasteiger partial charge in [-0.3, -0.25) is 9.78 Å². The number of phenolic OH excluding ortho intramolecular Hbond substituents is 1. The maximum absolute atomic E-state index is 14.0. The minimum absolute atomic E-state index is 0.0959. The minimum Gasteiger partial charge on any atom is -0.508 e. The average molecular weight is 423 g/mol. The molecule has 0 spiro atoms. The van der Waals surface area contributed by atoms with Crippen LogP contribution in [0.3, 0.4) is 0 Å². The van der Waals surface area contributed by atoms with Crippen LogP contribution in [0.1, 0.15) is 42.6 Å². The Morgan fingerprint density at radius 3 is 2.61 bits per heavy atom. The number of hydrogen-bond acceptors (Lipinski definition) is 4. The fourth-order valence-corrected chi connectivity index (χ4v) is 4.29. The number of aromatic hydroxyl groups is 1. The van der Waals surface area contributed by atoms with E-state index in [9.17, 15) is 19.4 Å². The van der Waals surface area contributed by atoms with Crippen molar-refractivity contribution in [2.75, 3.05) is 13.2 Å². The molecule has 3 aromatic rings. The number of aromatic nitrogens is 1. The number of rotatable bonds is 5. The smallest absolute Gasteiger partial charge is 0.306 e. The molecule has 1 aliphatic rings. The standard InChI is InChI=1S/C25H26FNO4/c1-14-11-17(3-6-21(14)26)23-19-5-4-18(28)13-20(19)22(12-15(2)25(29)30)27-24(23)16-7-9-31-10-8-16/h3-6,11,13,15-16,28H,7-10,12H2,1-2H3,(H,29,30). The summed E-state index contributed by atoms with van der Waals surface area (Å²) in [5.74, 6) is -1.51. The molecule has 1 unspecified atom stereocenters. The Kier molecular flexibility index (Phi) is 5.92. The highest BCUT2D eigenvalue weighted by Gasteiger charge is 2.26. The summed E-state index contributed by atoms with van der Waals surface area (Å²) in [5.41, 5.74) is 3.87. The summed E-state index contributed by atoms with van der Waals surface area (Å²) >= 11 is 0. The molecule has 1 saturated heterocycles. The van der Waals surface area contributed by atoms with E-state index >= 15 is 0 Å². The lowest BCUT2D eigenvalue weighted by atomic mass is 9.85. The van der Waals surface area contributed by atoms with Gasteiger partial charge in [0.05, 0.1) is 11.6 Å². The lowest BCUT2D eigenvalue weighted by Crippen LogP contribution is -2.18. The molecule has 1 atom stereocenters. The highest BCUT2D eigenvalue weighted by atomic mass is 19.1. The Labute approximate surface area is 180 Å². The molecule has 6 heteroatoms. The van der Waals surface area contributed by atoms with E-state index in [1.807, 2.05) is 12.1 Å². The zero-order valence-corrected chi connectivity index (χ0v) is 17.7. The average Bonchev–Trinajstić information content (AvgIpc) is 2.76. The summed E-state index contributed by atoms with van der Waals surface area (Å²) in [5, 5.41) is 21.2. The number of fused-ring (bicyclic) bond motifs is 1. The van der Waals surface area contributed by atoms with Crippen LogP contribution in [0, 0.1) is 18.7 Å². The molecule has 0 saturated carbocycles. The molecule has 1 aliphatic heterocycles. The summed E-state index contributed by atoms with van der Waals surface area (Å²) in [7, 11) is 0. The Morgan fingerprint density at radius 2 is 1.94 bits per heavy atom. The molecule has 31 heavy (non-hydrogen) atoms. The number of nitrogens with zero attached hydrogens (tertiary/aromatic N) is 1. The number of hydrogen-bond donors (Lipinski definition) is 2. The number of pyridine rings is 1. The van der Waals surface area contributed by atoms with Crippen LogP contribution < -0.4 is 0 Å². The summed E-state index contributed by atoms with van der Waals surface area (Å²) in [6, 6.07) is 10.2. The third kappa shape index (κ3) is 4.26. The number of aryl methyl sites for hydroxylation is 1. The number of carboxylic acids is 1. The SMILES string of the molecule is Cc1cc(-c2c(C3CCOCC3)nc(CC(C)C(=O)O)c3cc(O)ccc23)ccc1F. The van der Waals surface area contributed by atoms with Crippen molar-refractivity contribution in [1.82, 2.24) is 4.98 Å². The van der Waals surface area contributed by atoms with Gasteiger partial charge in [-0.1, -0.05) is 13.0 Å². The van der Waals surface area contributed by atoms with Gasteiger partial charge in [-0.05, 0) is 66.6 Å². The van der Waals surface area contributed by atoms with Gasteiger partial charge in [-0.15, -0.1) is 0 Å². The fourth-order valence-electron chi connectivity index (χ4n) is 4.29. The first-order valence-electron chi connectivity index (χ1n) is 10.6. The quantitative estimate of drug-likeness (QED) is 0.589. The van der Waals surface area contributed by atoms with E-state index in [0.717, 1.165) is 40.4 Å². The van der Waals surface area contributed by atoms with Crippen LogP contribution in [0.5, 0.6) is 5.75 Å². The predicted octanol–water partition coefficient (Wildman–Crippen LogP) is 5.21. The van der Waals surface area contributed by atoms with E-state index in [0.29, 0.717) is 24.5 Å². The van der Waals surface area contributed by atoms with Crippen molar-refractivity contribution in [2.45, 2.75) is 39.0 Å². The van der Waals surface area contributed by atoms with Crippen molar-refractivity contribution < 1.29 is 24.1 Å². The normalized spacial score (nSPS) is 15.8. The molecule has 2 N–H and O–H groups in total. The Bertz CT molecular complexity index is 1140. The molecule has 2 heterocycles. The number of halogens is 1. The van der Waals surface area contributed by atoms with Crippen molar-refractivity contribution in [2.24, 2.45) is 5.92 Å². The van der Waals surface area contributed by atoms with Crippen LogP contribution in [0.2, 0.25) is 0 Å². The second kappa shape index (κ2) is 8.63. The van der Waals surface area contributed by atoms with E-state index in [1.54, 1.807) is 32.0 Å². The second-order valence-corrected chi connectivity index (χ2v) is 8.34. The fraction of sp³-hybridized carbons (Fsp3) is 0.360. The van der Waals surface area contributed by atoms with E-state index in [4.69, 9.17) is 9.72 Å². The molecule has 1 aromatic heterocycles. The van der Waals surface area contributed by atoms with E-state index in [2.05, 4.69) is 0 Å². The van der Waals surface area contributed by atoms with Crippen molar-refractivity contribution in [3.63, 3.8) is 0 Å². The van der Waals surface area contributed by atoms with Crippen molar-refractivity contribution >= 4 is 16.7 Å². The van der Waals surface area contributed by atoms with Gasteiger partial charge in [0.15, 0.2) is 0 Å². The van der Waals surface area contributed by atoms with Gasteiger partial charge in [0.25, 0.3) is 0 Å². The zero-order valence-electron chi connectivity index (χ0n) is 17.7. The third-order valence-electron chi connectivity index (χ3n) is 6.07. The first kappa shape index (κ1) is 21.2. The van der Waals surface area contributed by atoms with Crippen molar-refractivity contribution in [3.8, 4) is 16.9 Å². The zero-order chi connectivity index (χ0) is 22.1. The van der Waals surface area contributed by atoms with Crippen LogP contribution in [0.4, 0.5) is 4.39 Å². The van der Waals surface area contributed by atoms with Gasteiger partial charge in [0, 0.05) is 42.2 Å². The van der Waals surface area contributed by atoms with Gasteiger partial charge >= 0.3 is 5.97 Å². The highest BCUT2D eigenvalue weighted by molar-refractivity contribution is 6.00. The molecule has 0 radical (unpaired) electrons. The van der Waals surface area contributed by atoms with E-state index in [-0.39, 0.29) is 23.9 Å². The topological polar surface area (TPSA) is 79.7 Å². The third-order valence-corrected chi connectivity index (χ3v) is 6.07. The Morgan fingerprint density at radius 1 is 1.19 bits per heavy atom. The van der Waals surface area contributed by atoms with Crippen LogP contribution in [-0.4, -0.2) is 34.4 Å². The summed E-state index contributed by atoms with van der Waals surface area (Å²) in [4.78, 5) is 16.5. The number of phenols is 1. The molecule has 2 aromatic carbocycles. The number of aliphatic carboxylic acids is 1. The molecule has 162 valence electrons. The van der Waals surface area contributed by atoms with Gasteiger partial charge in [0.1, 0.15) is 11.6 Å². The van der Waals surface area contributed by atoms with Gasteiger partial charge in [0.2, 0.25) is 0 Å². The second-order valence-electron chi connectivity index (χ2n) is 8.34. The molecule has 5 nitrogen and oxygen atoms in total. The summed E-state index contributed by atoms with van der Waals surface area (Å²) in [6.07, 6.45) is 1.89. The highest BCUT2D eigenvalue weighted by Crippen LogP contribution is 2.41. The van der Waals surface area contributed by atoms with Gasteiger partial charge < -0.3 is 14.9 Å². The van der Waals surface area contributed by atoms with E-state index in [1.165, 1.54) is 6.07 Å². The molecular weight excluding hydrogens is 397 g/mol. The molecular formula is C25H26FNO4. The monoisotopic (exact) mass is 423 g/mol. The van der Waals surface area contributed by atoms with Crippen LogP contribution in [0.25, 0.3) is 21.9 Å². The Hall–Kier alpha value is -2.99. The molecule has 4 rings (SSSR count). The predicted molar refractivity (Wildman–Crippen MR) is 117 cm³/mol. The van der Waals surface area contributed by atoms with Crippen LogP contribution in [-0.2, 0) is 16.0 Å². The Balaban J connectivity index is 2.01. The molecule has 0 amide bonds. The lowest BCUT2D eigenvalue weighted by molar-refractivity contribution is -0.141. The van der Waals surface area contributed by atoms with Crippen LogP contribution in [0.15, 0.2) is 36.4 Å². The molecule has 0 bridgehead atoms. The summed E-state index contributed by atoms with van der Waals surface area (Å²) in [6.45, 7) is 4.67. The van der Waals surface area contributed by atoms with Crippen molar-refractivity contribution in [1.29, 1.82) is 0 Å². The molecule has 0 aliphatic carbocycles. The molecule has 1 fully saturated rings. The number of benzene rings is 2. The maximum Gasteiger partial charge on any atom is 0.306 e. The van der Waals surface area contributed by atoms with Gasteiger partial charge in [-0.25, -0.2) is 4.39 Å². The van der Waals surface area contributed by atoms with Gasteiger partial charge in [-0.2, -0.15) is 0 Å². The van der Waals surface area contributed by atoms with Crippen LogP contribution >= 0.6 is 0 Å². The number of carbonyl (C=O) groups is 1. The lowest BCUT2D eigenvalue weighted by Gasteiger charge is -2.26. The summed E-state index contributed by atoms with van der Waals surface area (Å²) < 4.78 is 19.5. The maximum atomic E-state index is 14.0. The number of carboxylic acid groups (broad SMARTS) is 1. The minimum atomic E-state index is -0.888. The first-order valence-corrected chi connectivity index (χ1v) is 10.6. The number of ether oxygens (including phenoxy) is 1. The van der Waals surface area contributed by atoms with E-state index < -0.39 is 11.9 Å². The first-order chi connectivity index (χ1) is 14.8.